The van der Waals surface area contributed by atoms with Gasteiger partial charge in [-0.3, -0.25) is 4.79 Å². The Balaban J connectivity index is 2.20. The molecule has 94 valence electrons. The molecule has 1 aliphatic heterocycles. The van der Waals surface area contributed by atoms with Gasteiger partial charge in [0.1, 0.15) is 11.5 Å². The van der Waals surface area contributed by atoms with Gasteiger partial charge in [-0.25, -0.2) is 0 Å². The Kier molecular flexibility index (Phi) is 3.27. The van der Waals surface area contributed by atoms with Crippen molar-refractivity contribution in [2.24, 2.45) is 5.92 Å². The van der Waals surface area contributed by atoms with Crippen molar-refractivity contribution in [1.82, 2.24) is 4.90 Å². The number of hydrogen-bond acceptors (Lipinski definition) is 2. The van der Waals surface area contributed by atoms with Crippen LogP contribution >= 0.6 is 0 Å². The van der Waals surface area contributed by atoms with E-state index in [2.05, 4.69) is 6.92 Å². The average Bonchev–Trinajstić information content (AvgIpc) is 2.53. The number of amides is 1. The quantitative estimate of drug-likeness (QED) is 0.749. The van der Waals surface area contributed by atoms with E-state index in [4.69, 9.17) is 4.42 Å². The lowest BCUT2D eigenvalue weighted by Crippen LogP contribution is -2.38. The molecule has 1 saturated heterocycles. The van der Waals surface area contributed by atoms with E-state index < -0.39 is 0 Å². The van der Waals surface area contributed by atoms with Crippen molar-refractivity contribution >= 4 is 5.91 Å². The molecule has 1 amide bonds. The van der Waals surface area contributed by atoms with Crippen LogP contribution in [-0.2, 0) is 0 Å². The topological polar surface area (TPSA) is 33.5 Å². The Bertz CT molecular complexity index is 426. The van der Waals surface area contributed by atoms with Crippen LogP contribution in [-0.4, -0.2) is 23.9 Å². The molecule has 0 spiro atoms. The fourth-order valence-corrected chi connectivity index (χ4v) is 2.48. The minimum Gasteiger partial charge on any atom is -0.466 e. The minimum atomic E-state index is 0.142. The van der Waals surface area contributed by atoms with Gasteiger partial charge in [-0.05, 0) is 39.5 Å². The smallest absolute Gasteiger partial charge is 0.257 e. The number of rotatable bonds is 1. The molecule has 2 heterocycles. The van der Waals surface area contributed by atoms with E-state index in [1.165, 1.54) is 0 Å². The molecular weight excluding hydrogens is 214 g/mol. The van der Waals surface area contributed by atoms with Crippen molar-refractivity contribution in [1.29, 1.82) is 0 Å². The molecule has 0 bridgehead atoms. The highest BCUT2D eigenvalue weighted by Crippen LogP contribution is 2.24. The molecule has 3 heteroatoms. The second kappa shape index (κ2) is 4.55. The highest BCUT2D eigenvalue weighted by atomic mass is 16.3. The van der Waals surface area contributed by atoms with Gasteiger partial charge in [0.25, 0.3) is 5.91 Å². The van der Waals surface area contributed by atoms with Crippen LogP contribution in [0.15, 0.2) is 4.42 Å². The van der Waals surface area contributed by atoms with E-state index >= 15 is 0 Å². The largest absolute Gasteiger partial charge is 0.466 e. The van der Waals surface area contributed by atoms with E-state index in [-0.39, 0.29) is 5.91 Å². The summed E-state index contributed by atoms with van der Waals surface area (Å²) in [5, 5.41) is 0. The molecule has 0 aliphatic carbocycles. The van der Waals surface area contributed by atoms with E-state index in [0.29, 0.717) is 0 Å². The van der Waals surface area contributed by atoms with Gasteiger partial charge < -0.3 is 9.32 Å². The highest BCUT2D eigenvalue weighted by molar-refractivity contribution is 5.96. The van der Waals surface area contributed by atoms with Crippen LogP contribution in [0.2, 0.25) is 0 Å². The average molecular weight is 235 g/mol. The molecular formula is C14H21NO2. The summed E-state index contributed by atoms with van der Waals surface area (Å²) in [6.07, 6.45) is 2.22. The Morgan fingerprint density at radius 1 is 1.18 bits per heavy atom. The van der Waals surface area contributed by atoms with Crippen LogP contribution in [0.3, 0.4) is 0 Å². The maximum Gasteiger partial charge on any atom is 0.257 e. The fourth-order valence-electron chi connectivity index (χ4n) is 2.48. The van der Waals surface area contributed by atoms with Crippen molar-refractivity contribution in [3.63, 3.8) is 0 Å². The lowest BCUT2D eigenvalue weighted by Gasteiger charge is -2.30. The monoisotopic (exact) mass is 235 g/mol. The number of carbonyl (C=O) groups is 1. The van der Waals surface area contributed by atoms with Crippen LogP contribution in [0, 0.1) is 26.7 Å². The normalized spacial score (nSPS) is 17.5. The second-order valence-corrected chi connectivity index (χ2v) is 5.19. The molecule has 2 rings (SSSR count). The van der Waals surface area contributed by atoms with Gasteiger partial charge >= 0.3 is 0 Å². The number of aryl methyl sites for hydroxylation is 2. The van der Waals surface area contributed by atoms with E-state index in [0.717, 1.165) is 54.5 Å². The number of likely N-dealkylation sites (tertiary alicyclic amines) is 1. The number of furan rings is 1. The van der Waals surface area contributed by atoms with E-state index in [9.17, 15) is 4.79 Å². The van der Waals surface area contributed by atoms with Crippen LogP contribution in [0.4, 0.5) is 0 Å². The Hall–Kier alpha value is -1.25. The number of hydrogen-bond donors (Lipinski definition) is 0. The standard InChI is InChI=1S/C14H21NO2/c1-9-5-7-15(8-6-9)14(16)13-10(2)11(3)17-12(13)4/h9H,5-8H2,1-4H3. The first-order valence-corrected chi connectivity index (χ1v) is 6.36. The summed E-state index contributed by atoms with van der Waals surface area (Å²) >= 11 is 0. The van der Waals surface area contributed by atoms with E-state index in [1.54, 1.807) is 0 Å². The van der Waals surface area contributed by atoms with Gasteiger partial charge in [-0.1, -0.05) is 6.92 Å². The van der Waals surface area contributed by atoms with Crippen molar-refractivity contribution < 1.29 is 9.21 Å². The molecule has 0 atom stereocenters. The molecule has 0 aromatic carbocycles. The molecule has 1 aromatic heterocycles. The van der Waals surface area contributed by atoms with Gasteiger partial charge in [0.2, 0.25) is 0 Å². The van der Waals surface area contributed by atoms with Crippen LogP contribution in [0.1, 0.15) is 47.2 Å². The first kappa shape index (κ1) is 12.2. The van der Waals surface area contributed by atoms with Crippen LogP contribution < -0.4 is 0 Å². The first-order chi connectivity index (χ1) is 8.00. The fraction of sp³-hybridized carbons (Fsp3) is 0.643. The summed E-state index contributed by atoms with van der Waals surface area (Å²) < 4.78 is 5.53. The Labute approximate surface area is 103 Å². The van der Waals surface area contributed by atoms with Crippen molar-refractivity contribution in [3.8, 4) is 0 Å². The van der Waals surface area contributed by atoms with Gasteiger partial charge in [0, 0.05) is 18.7 Å². The summed E-state index contributed by atoms with van der Waals surface area (Å²) in [7, 11) is 0. The Morgan fingerprint density at radius 3 is 2.24 bits per heavy atom. The van der Waals surface area contributed by atoms with Crippen molar-refractivity contribution in [3.05, 3.63) is 22.6 Å². The first-order valence-electron chi connectivity index (χ1n) is 6.36. The molecule has 1 aliphatic rings. The highest BCUT2D eigenvalue weighted by Gasteiger charge is 2.26. The summed E-state index contributed by atoms with van der Waals surface area (Å²) in [5.41, 5.74) is 1.77. The molecule has 3 nitrogen and oxygen atoms in total. The maximum absolute atomic E-state index is 12.4. The zero-order valence-electron chi connectivity index (χ0n) is 11.2. The molecule has 1 aromatic rings. The minimum absolute atomic E-state index is 0.142. The third-order valence-electron chi connectivity index (χ3n) is 3.85. The zero-order valence-corrected chi connectivity index (χ0v) is 11.2. The van der Waals surface area contributed by atoms with Gasteiger partial charge in [0.05, 0.1) is 5.56 Å². The van der Waals surface area contributed by atoms with Gasteiger partial charge in [-0.2, -0.15) is 0 Å². The second-order valence-electron chi connectivity index (χ2n) is 5.19. The molecule has 17 heavy (non-hydrogen) atoms. The lowest BCUT2D eigenvalue weighted by molar-refractivity contribution is 0.0695. The third-order valence-corrected chi connectivity index (χ3v) is 3.85. The SMILES string of the molecule is Cc1oc(C)c(C(=O)N2CCC(C)CC2)c1C. The molecule has 1 fully saturated rings. The third kappa shape index (κ3) is 2.24. The molecule has 0 N–H and O–H groups in total. The van der Waals surface area contributed by atoms with Crippen LogP contribution in [0.25, 0.3) is 0 Å². The van der Waals surface area contributed by atoms with Gasteiger partial charge in [0.15, 0.2) is 0 Å². The maximum atomic E-state index is 12.4. The summed E-state index contributed by atoms with van der Waals surface area (Å²) in [5.74, 6) is 2.50. The summed E-state index contributed by atoms with van der Waals surface area (Å²) in [4.78, 5) is 14.4. The van der Waals surface area contributed by atoms with Crippen molar-refractivity contribution in [2.75, 3.05) is 13.1 Å². The van der Waals surface area contributed by atoms with Crippen LogP contribution in [0.5, 0.6) is 0 Å². The predicted octanol–water partition coefficient (Wildman–Crippen LogP) is 3.08. The molecule has 0 unspecified atom stereocenters. The number of piperidine rings is 1. The Morgan fingerprint density at radius 2 is 1.76 bits per heavy atom. The molecule has 0 radical (unpaired) electrons. The molecule has 0 saturated carbocycles. The summed E-state index contributed by atoms with van der Waals surface area (Å²) in [6.45, 7) is 9.76. The van der Waals surface area contributed by atoms with Crippen molar-refractivity contribution in [2.45, 2.75) is 40.5 Å². The predicted molar refractivity (Wildman–Crippen MR) is 67.2 cm³/mol. The van der Waals surface area contributed by atoms with Gasteiger partial charge in [-0.15, -0.1) is 0 Å². The lowest BCUT2D eigenvalue weighted by atomic mass is 9.98. The zero-order chi connectivity index (χ0) is 12.6. The number of carbonyl (C=O) groups excluding carboxylic acids is 1. The number of nitrogens with zero attached hydrogens (tertiary/aromatic N) is 1. The van der Waals surface area contributed by atoms with E-state index in [1.807, 2.05) is 25.7 Å². The summed E-state index contributed by atoms with van der Waals surface area (Å²) in [6, 6.07) is 0.